The maximum atomic E-state index is 10.7. The molecule has 5 atom stereocenters. The van der Waals surface area contributed by atoms with Crippen molar-refractivity contribution in [2.24, 2.45) is 23.7 Å². The van der Waals surface area contributed by atoms with Gasteiger partial charge in [-0.3, -0.25) is 0 Å². The van der Waals surface area contributed by atoms with Crippen LogP contribution in [-0.4, -0.2) is 11.2 Å². The zero-order valence-electron chi connectivity index (χ0n) is 11.7. The van der Waals surface area contributed by atoms with E-state index in [1.54, 1.807) is 0 Å². The second-order valence-electron chi connectivity index (χ2n) is 6.64. The molecule has 0 amide bonds. The van der Waals surface area contributed by atoms with E-state index >= 15 is 0 Å². The van der Waals surface area contributed by atoms with Gasteiger partial charge in [-0.25, -0.2) is 0 Å². The van der Waals surface area contributed by atoms with Crippen molar-refractivity contribution < 1.29 is 5.11 Å². The zero-order chi connectivity index (χ0) is 12.3. The third-order valence-electron chi connectivity index (χ3n) is 5.39. The van der Waals surface area contributed by atoms with Crippen molar-refractivity contribution in [3.8, 4) is 0 Å². The molecule has 0 spiro atoms. The van der Waals surface area contributed by atoms with Gasteiger partial charge in [0.25, 0.3) is 0 Å². The van der Waals surface area contributed by atoms with Crippen molar-refractivity contribution >= 4 is 0 Å². The van der Waals surface area contributed by atoms with Crippen molar-refractivity contribution in [3.05, 3.63) is 0 Å². The summed E-state index contributed by atoms with van der Waals surface area (Å²) in [5.74, 6) is 2.86. The summed E-state index contributed by atoms with van der Waals surface area (Å²) in [5.41, 5.74) is 0. The summed E-state index contributed by atoms with van der Waals surface area (Å²) in [4.78, 5) is 0. The van der Waals surface area contributed by atoms with Gasteiger partial charge in [0.15, 0.2) is 0 Å². The minimum atomic E-state index is 0.00278. The number of aliphatic hydroxyl groups excluding tert-OH is 1. The van der Waals surface area contributed by atoms with Gasteiger partial charge in [-0.15, -0.1) is 0 Å². The summed E-state index contributed by atoms with van der Waals surface area (Å²) in [6, 6.07) is 0. The Balaban J connectivity index is 1.94. The molecular weight excluding hydrogens is 208 g/mol. The van der Waals surface area contributed by atoms with Gasteiger partial charge in [0.1, 0.15) is 0 Å². The molecule has 0 aromatic rings. The van der Waals surface area contributed by atoms with Gasteiger partial charge < -0.3 is 5.11 Å². The first kappa shape index (κ1) is 13.4. The Bertz CT molecular complexity index is 226. The SMILES string of the molecule is CCC1CCCCC1C(O)C1CCCC(C)C1. The highest BCUT2D eigenvalue weighted by atomic mass is 16.3. The minimum Gasteiger partial charge on any atom is -0.393 e. The molecule has 0 aliphatic heterocycles. The van der Waals surface area contributed by atoms with Crippen molar-refractivity contribution in [1.29, 1.82) is 0 Å². The summed E-state index contributed by atoms with van der Waals surface area (Å²) < 4.78 is 0. The number of hydrogen-bond donors (Lipinski definition) is 1. The normalized spacial score (nSPS) is 41.1. The Kier molecular flexibility index (Phi) is 4.90. The molecule has 5 unspecified atom stereocenters. The zero-order valence-corrected chi connectivity index (χ0v) is 11.7. The Morgan fingerprint density at radius 1 is 1.06 bits per heavy atom. The smallest absolute Gasteiger partial charge is 0.0599 e. The molecule has 0 aromatic heterocycles. The molecule has 2 saturated carbocycles. The fourth-order valence-corrected chi connectivity index (χ4v) is 4.33. The molecular formula is C16H30O. The van der Waals surface area contributed by atoms with Crippen LogP contribution in [0.2, 0.25) is 0 Å². The number of rotatable bonds is 3. The predicted molar refractivity (Wildman–Crippen MR) is 72.9 cm³/mol. The van der Waals surface area contributed by atoms with E-state index in [9.17, 15) is 5.11 Å². The quantitative estimate of drug-likeness (QED) is 0.773. The van der Waals surface area contributed by atoms with Gasteiger partial charge in [-0.1, -0.05) is 52.4 Å². The third-order valence-corrected chi connectivity index (χ3v) is 5.39. The van der Waals surface area contributed by atoms with Crippen molar-refractivity contribution in [1.82, 2.24) is 0 Å². The lowest BCUT2D eigenvalue weighted by Gasteiger charge is -2.40. The Morgan fingerprint density at radius 2 is 1.82 bits per heavy atom. The molecule has 0 heterocycles. The molecule has 1 heteroatoms. The average molecular weight is 238 g/mol. The van der Waals surface area contributed by atoms with E-state index in [2.05, 4.69) is 13.8 Å². The van der Waals surface area contributed by atoms with Gasteiger partial charge in [0, 0.05) is 0 Å². The van der Waals surface area contributed by atoms with E-state index in [1.165, 1.54) is 57.8 Å². The van der Waals surface area contributed by atoms with Gasteiger partial charge in [-0.2, -0.15) is 0 Å². The first-order valence-corrected chi connectivity index (χ1v) is 7.90. The summed E-state index contributed by atoms with van der Waals surface area (Å²) in [6.07, 6.45) is 11.9. The largest absolute Gasteiger partial charge is 0.393 e. The Hall–Kier alpha value is -0.0400. The van der Waals surface area contributed by atoms with E-state index in [-0.39, 0.29) is 6.10 Å². The summed E-state index contributed by atoms with van der Waals surface area (Å²) in [5, 5.41) is 10.7. The Labute approximate surface area is 107 Å². The van der Waals surface area contributed by atoms with E-state index < -0.39 is 0 Å². The molecule has 1 nitrogen and oxygen atoms in total. The minimum absolute atomic E-state index is 0.00278. The van der Waals surface area contributed by atoms with Crippen molar-refractivity contribution in [2.75, 3.05) is 0 Å². The van der Waals surface area contributed by atoms with Crippen LogP contribution in [0.15, 0.2) is 0 Å². The van der Waals surface area contributed by atoms with Crippen LogP contribution in [0, 0.1) is 23.7 Å². The van der Waals surface area contributed by atoms with E-state index in [4.69, 9.17) is 0 Å². The average Bonchev–Trinajstić information content (AvgIpc) is 2.38. The molecule has 0 radical (unpaired) electrons. The molecule has 1 N–H and O–H groups in total. The summed E-state index contributed by atoms with van der Waals surface area (Å²) in [7, 11) is 0. The van der Waals surface area contributed by atoms with E-state index in [1.807, 2.05) is 0 Å². The molecule has 2 rings (SSSR count). The molecule has 2 aliphatic rings. The highest BCUT2D eigenvalue weighted by Crippen LogP contribution is 2.40. The van der Waals surface area contributed by atoms with Crippen LogP contribution in [-0.2, 0) is 0 Å². The second-order valence-corrected chi connectivity index (χ2v) is 6.64. The lowest BCUT2D eigenvalue weighted by atomic mass is 9.68. The molecule has 0 aromatic carbocycles. The highest BCUT2D eigenvalue weighted by Gasteiger charge is 2.35. The molecule has 17 heavy (non-hydrogen) atoms. The third kappa shape index (κ3) is 3.24. The topological polar surface area (TPSA) is 20.2 Å². The van der Waals surface area contributed by atoms with Crippen LogP contribution in [0.4, 0.5) is 0 Å². The van der Waals surface area contributed by atoms with Crippen LogP contribution in [0.25, 0.3) is 0 Å². The van der Waals surface area contributed by atoms with Crippen LogP contribution in [0.5, 0.6) is 0 Å². The van der Waals surface area contributed by atoms with Crippen molar-refractivity contribution in [3.63, 3.8) is 0 Å². The van der Waals surface area contributed by atoms with Crippen LogP contribution < -0.4 is 0 Å². The monoisotopic (exact) mass is 238 g/mol. The maximum Gasteiger partial charge on any atom is 0.0599 e. The van der Waals surface area contributed by atoms with E-state index in [0.717, 1.165) is 11.8 Å². The highest BCUT2D eigenvalue weighted by molar-refractivity contribution is 4.86. The fourth-order valence-electron chi connectivity index (χ4n) is 4.33. The van der Waals surface area contributed by atoms with Gasteiger partial charge in [-0.05, 0) is 42.9 Å². The molecule has 0 saturated heterocycles. The molecule has 2 fully saturated rings. The Morgan fingerprint density at radius 3 is 2.53 bits per heavy atom. The number of hydrogen-bond acceptors (Lipinski definition) is 1. The molecule has 2 aliphatic carbocycles. The van der Waals surface area contributed by atoms with Gasteiger partial charge in [0.05, 0.1) is 6.10 Å². The second kappa shape index (κ2) is 6.22. The first-order chi connectivity index (χ1) is 8.22. The molecule has 100 valence electrons. The maximum absolute atomic E-state index is 10.7. The number of aliphatic hydroxyl groups is 1. The predicted octanol–water partition coefficient (Wildman–Crippen LogP) is 4.39. The summed E-state index contributed by atoms with van der Waals surface area (Å²) in [6.45, 7) is 4.66. The van der Waals surface area contributed by atoms with Gasteiger partial charge in [0.2, 0.25) is 0 Å². The van der Waals surface area contributed by atoms with Crippen LogP contribution >= 0.6 is 0 Å². The van der Waals surface area contributed by atoms with E-state index in [0.29, 0.717) is 11.8 Å². The van der Waals surface area contributed by atoms with Crippen molar-refractivity contribution in [2.45, 2.75) is 77.7 Å². The van der Waals surface area contributed by atoms with Crippen LogP contribution in [0.3, 0.4) is 0 Å². The lowest BCUT2D eigenvalue weighted by Crippen LogP contribution is -2.37. The molecule has 0 bridgehead atoms. The standard InChI is InChI=1S/C16H30O/c1-3-13-8-4-5-10-15(13)16(17)14-9-6-7-12(2)11-14/h12-17H,3-11H2,1-2H3. The van der Waals surface area contributed by atoms with Gasteiger partial charge >= 0.3 is 0 Å². The lowest BCUT2D eigenvalue weighted by molar-refractivity contribution is -0.0145. The first-order valence-electron chi connectivity index (χ1n) is 7.90. The van der Waals surface area contributed by atoms with Crippen LogP contribution in [0.1, 0.15) is 71.6 Å². The summed E-state index contributed by atoms with van der Waals surface area (Å²) >= 11 is 0. The fraction of sp³-hybridized carbons (Fsp3) is 1.00.